The van der Waals surface area contributed by atoms with Gasteiger partial charge in [-0.05, 0) is 48.5 Å². The average Bonchev–Trinajstić information content (AvgIpc) is 3.11. The van der Waals surface area contributed by atoms with Crippen molar-refractivity contribution in [1.29, 1.82) is 0 Å². The molecule has 0 atom stereocenters. The van der Waals surface area contributed by atoms with E-state index in [0.717, 1.165) is 11.4 Å². The number of sulfone groups is 1. The quantitative estimate of drug-likeness (QED) is 0.651. The second-order valence-electron chi connectivity index (χ2n) is 5.64. The Labute approximate surface area is 147 Å². The molecule has 2 aromatic carbocycles. The van der Waals surface area contributed by atoms with Gasteiger partial charge in [-0.15, -0.1) is 0 Å². The number of aliphatic imine (C=N–C) groups is 1. The molecule has 0 fully saturated rings. The number of hydrogen-bond acceptors (Lipinski definition) is 5. The van der Waals surface area contributed by atoms with Crippen molar-refractivity contribution in [2.45, 2.75) is 9.99 Å². The maximum atomic E-state index is 12.5. The molecule has 128 valence electrons. The summed E-state index contributed by atoms with van der Waals surface area (Å²) in [7, 11) is 0.286. The van der Waals surface area contributed by atoms with E-state index >= 15 is 0 Å². The number of nitrogens with zero attached hydrogens (tertiary/aromatic N) is 2. The second-order valence-corrected chi connectivity index (χ2v) is 7.52. The van der Waals surface area contributed by atoms with Gasteiger partial charge in [-0.2, -0.15) is 0 Å². The van der Waals surface area contributed by atoms with Gasteiger partial charge in [0.25, 0.3) is 0 Å². The molecule has 0 amide bonds. The van der Waals surface area contributed by atoms with E-state index in [1.807, 2.05) is 43.3 Å². The Morgan fingerprint density at radius 3 is 2.24 bits per heavy atom. The maximum Gasteiger partial charge on any atom is 0.239 e. The molecule has 5 nitrogen and oxygen atoms in total. The lowest BCUT2D eigenvalue weighted by Crippen LogP contribution is -2.07. The van der Waals surface area contributed by atoms with E-state index in [9.17, 15) is 8.42 Å². The Bertz CT molecular complexity index is 973. The van der Waals surface area contributed by atoms with Gasteiger partial charge in [0.2, 0.25) is 14.9 Å². The first-order valence-electron chi connectivity index (χ1n) is 7.68. The van der Waals surface area contributed by atoms with E-state index in [2.05, 4.69) is 4.99 Å². The molecule has 1 aromatic heterocycles. The highest BCUT2D eigenvalue weighted by molar-refractivity contribution is 7.91. The molecule has 3 aromatic rings. The summed E-state index contributed by atoms with van der Waals surface area (Å²) >= 11 is 0. The number of benzene rings is 2. The number of hydrogen-bond donors (Lipinski definition) is 0. The van der Waals surface area contributed by atoms with E-state index in [-0.39, 0.29) is 9.99 Å². The summed E-state index contributed by atoms with van der Waals surface area (Å²) in [5.41, 5.74) is 1.84. The monoisotopic (exact) mass is 354 g/mol. The van der Waals surface area contributed by atoms with E-state index in [4.69, 9.17) is 4.42 Å². The van der Waals surface area contributed by atoms with Crippen LogP contribution in [0.3, 0.4) is 0 Å². The molecule has 0 radical (unpaired) electrons. The highest BCUT2D eigenvalue weighted by Gasteiger charge is 2.21. The van der Waals surface area contributed by atoms with Gasteiger partial charge < -0.3 is 9.32 Å². The number of anilines is 1. The van der Waals surface area contributed by atoms with Gasteiger partial charge in [0, 0.05) is 19.8 Å². The first-order valence-corrected chi connectivity index (χ1v) is 9.16. The molecular formula is C19H18N2O3S. The van der Waals surface area contributed by atoms with Crippen molar-refractivity contribution in [3.63, 3.8) is 0 Å². The summed E-state index contributed by atoms with van der Waals surface area (Å²) in [5.74, 6) is 0.381. The van der Waals surface area contributed by atoms with Crippen molar-refractivity contribution in [3.8, 4) is 0 Å². The third-order valence-corrected chi connectivity index (χ3v) is 5.27. The van der Waals surface area contributed by atoms with Crippen molar-refractivity contribution < 1.29 is 12.8 Å². The zero-order valence-corrected chi connectivity index (χ0v) is 14.8. The Kier molecular flexibility index (Phi) is 4.72. The highest BCUT2D eigenvalue weighted by atomic mass is 32.2. The van der Waals surface area contributed by atoms with Gasteiger partial charge in [-0.3, -0.25) is 4.99 Å². The fourth-order valence-electron chi connectivity index (χ4n) is 2.24. The highest BCUT2D eigenvalue weighted by Crippen LogP contribution is 2.23. The third kappa shape index (κ3) is 3.80. The van der Waals surface area contributed by atoms with Crippen LogP contribution >= 0.6 is 0 Å². The van der Waals surface area contributed by atoms with Crippen LogP contribution in [0, 0.1) is 0 Å². The molecule has 0 aliphatic heterocycles. The molecule has 0 aliphatic rings. The van der Waals surface area contributed by atoms with Crippen LogP contribution in [0.25, 0.3) is 0 Å². The van der Waals surface area contributed by atoms with Gasteiger partial charge in [0.05, 0.1) is 16.8 Å². The number of furan rings is 1. The molecule has 1 heterocycles. The van der Waals surface area contributed by atoms with Crippen molar-refractivity contribution in [2.75, 3.05) is 19.0 Å². The fraction of sp³-hybridized carbons (Fsp3) is 0.105. The molecule has 0 bridgehead atoms. The first-order chi connectivity index (χ1) is 12.0. The van der Waals surface area contributed by atoms with Crippen LogP contribution in [-0.2, 0) is 9.84 Å². The number of rotatable bonds is 5. The average molecular weight is 354 g/mol. The van der Waals surface area contributed by atoms with Gasteiger partial charge in [0.15, 0.2) is 0 Å². The summed E-state index contributed by atoms with van der Waals surface area (Å²) in [4.78, 5) is 6.51. The molecule has 0 aliphatic carbocycles. The SMILES string of the molecule is CN(C)c1ccc(N=Cc2ccc(S(=O)(=O)c3ccccc3)o2)cc1. The van der Waals surface area contributed by atoms with Crippen LogP contribution in [0.2, 0.25) is 0 Å². The van der Waals surface area contributed by atoms with Crippen LogP contribution in [0.4, 0.5) is 11.4 Å². The largest absolute Gasteiger partial charge is 0.443 e. The van der Waals surface area contributed by atoms with Crippen molar-refractivity contribution >= 4 is 27.4 Å². The van der Waals surface area contributed by atoms with Gasteiger partial charge in [-0.1, -0.05) is 18.2 Å². The van der Waals surface area contributed by atoms with Gasteiger partial charge in [0.1, 0.15) is 5.76 Å². The Balaban J connectivity index is 1.80. The summed E-state index contributed by atoms with van der Waals surface area (Å²) in [6, 6.07) is 18.9. The minimum Gasteiger partial charge on any atom is -0.443 e. The summed E-state index contributed by atoms with van der Waals surface area (Å²) in [5, 5.41) is -0.0943. The molecule has 0 unspecified atom stereocenters. The van der Waals surface area contributed by atoms with Crippen molar-refractivity contribution in [2.24, 2.45) is 4.99 Å². The lowest BCUT2D eigenvalue weighted by molar-refractivity contribution is 0.446. The molecule has 0 N–H and O–H groups in total. The molecular weight excluding hydrogens is 336 g/mol. The van der Waals surface area contributed by atoms with Crippen LogP contribution < -0.4 is 4.90 Å². The fourth-order valence-corrected chi connectivity index (χ4v) is 3.44. The standard InChI is InChI=1S/C19H18N2O3S/c1-21(2)16-10-8-15(9-11-16)20-14-17-12-13-19(24-17)25(22,23)18-6-4-3-5-7-18/h3-14H,1-2H3. The molecule has 3 rings (SSSR count). The van der Waals surface area contributed by atoms with Crippen molar-refractivity contribution in [1.82, 2.24) is 0 Å². The van der Waals surface area contributed by atoms with Gasteiger partial charge in [-0.25, -0.2) is 8.42 Å². The summed E-state index contributed by atoms with van der Waals surface area (Å²) in [6.07, 6.45) is 1.51. The Morgan fingerprint density at radius 2 is 1.60 bits per heavy atom. The van der Waals surface area contributed by atoms with Crippen LogP contribution in [0.5, 0.6) is 0 Å². The molecule has 6 heteroatoms. The van der Waals surface area contributed by atoms with E-state index in [1.54, 1.807) is 24.3 Å². The summed E-state index contributed by atoms with van der Waals surface area (Å²) in [6.45, 7) is 0. The van der Waals surface area contributed by atoms with E-state index < -0.39 is 9.84 Å². The smallest absolute Gasteiger partial charge is 0.239 e. The van der Waals surface area contributed by atoms with Crippen molar-refractivity contribution in [3.05, 3.63) is 72.5 Å². The molecule has 0 spiro atoms. The molecule has 0 saturated carbocycles. The summed E-state index contributed by atoms with van der Waals surface area (Å²) < 4.78 is 30.4. The minimum absolute atomic E-state index is 0.0943. The predicted molar refractivity (Wildman–Crippen MR) is 98.6 cm³/mol. The topological polar surface area (TPSA) is 62.9 Å². The minimum atomic E-state index is -3.65. The van der Waals surface area contributed by atoms with Gasteiger partial charge >= 0.3 is 0 Å². The normalized spacial score (nSPS) is 11.8. The molecule has 0 saturated heterocycles. The zero-order valence-electron chi connectivity index (χ0n) is 14.0. The van der Waals surface area contributed by atoms with E-state index in [1.165, 1.54) is 24.4 Å². The second kappa shape index (κ2) is 6.94. The lowest BCUT2D eigenvalue weighted by Gasteiger charge is -2.11. The predicted octanol–water partition coefficient (Wildman–Crippen LogP) is 3.93. The van der Waals surface area contributed by atoms with Crippen LogP contribution in [0.15, 0.2) is 86.1 Å². The Hall–Kier alpha value is -2.86. The zero-order chi connectivity index (χ0) is 17.9. The molecule has 25 heavy (non-hydrogen) atoms. The maximum absolute atomic E-state index is 12.5. The van der Waals surface area contributed by atoms with Crippen LogP contribution in [0.1, 0.15) is 5.76 Å². The lowest BCUT2D eigenvalue weighted by atomic mass is 10.3. The first kappa shape index (κ1) is 17.0. The third-order valence-electron chi connectivity index (χ3n) is 3.63. The Morgan fingerprint density at radius 1 is 0.920 bits per heavy atom. The van der Waals surface area contributed by atoms with Crippen LogP contribution in [-0.4, -0.2) is 28.7 Å². The van der Waals surface area contributed by atoms with E-state index in [0.29, 0.717) is 5.76 Å².